The van der Waals surface area contributed by atoms with Crippen LogP contribution in [-0.2, 0) is 11.2 Å². The number of rotatable bonds is 7. The minimum absolute atomic E-state index is 0.0488. The molecule has 0 spiro atoms. The lowest BCUT2D eigenvalue weighted by Crippen LogP contribution is -2.31. The van der Waals surface area contributed by atoms with Gasteiger partial charge in [-0.05, 0) is 26.1 Å². The Bertz CT molecular complexity index is 365. The highest BCUT2D eigenvalue weighted by Crippen LogP contribution is 2.04. The topological polar surface area (TPSA) is 67.3 Å². The van der Waals surface area contributed by atoms with E-state index in [1.165, 1.54) is 7.11 Å². The highest BCUT2D eigenvalue weighted by molar-refractivity contribution is 5.76. The van der Waals surface area contributed by atoms with E-state index in [0.29, 0.717) is 25.4 Å². The van der Waals surface area contributed by atoms with Crippen LogP contribution in [0.5, 0.6) is 6.01 Å². The van der Waals surface area contributed by atoms with Gasteiger partial charge in [0.05, 0.1) is 7.11 Å². The maximum atomic E-state index is 11.5. The van der Waals surface area contributed by atoms with E-state index in [4.69, 9.17) is 4.74 Å². The molecular formula is C12H20N4O2. The smallest absolute Gasteiger partial charge is 0.316 e. The quantitative estimate of drug-likeness (QED) is 0.745. The fourth-order valence-electron chi connectivity index (χ4n) is 1.34. The fraction of sp³-hybridized carbons (Fsp3) is 0.583. The standard InChI is InChI=1S/C12H20N4O2/c1-16(2)7-6-13-11(17)5-4-10-8-14-12(18-3)15-9-10/h8-9H,4-7H2,1-3H3,(H,13,17). The molecule has 0 saturated carbocycles. The average Bonchev–Trinajstić information content (AvgIpc) is 2.36. The Balaban J connectivity index is 2.24. The molecular weight excluding hydrogens is 232 g/mol. The molecule has 0 radical (unpaired) electrons. The summed E-state index contributed by atoms with van der Waals surface area (Å²) in [5.74, 6) is 0.0488. The van der Waals surface area contributed by atoms with Crippen molar-refractivity contribution >= 4 is 5.91 Å². The normalized spacial score (nSPS) is 10.4. The van der Waals surface area contributed by atoms with Crippen molar-refractivity contribution < 1.29 is 9.53 Å². The molecule has 1 aromatic rings. The minimum atomic E-state index is 0.0488. The Labute approximate surface area is 107 Å². The monoisotopic (exact) mass is 252 g/mol. The van der Waals surface area contributed by atoms with Crippen LogP contribution in [0.3, 0.4) is 0 Å². The minimum Gasteiger partial charge on any atom is -0.467 e. The molecule has 0 bridgehead atoms. The molecule has 0 unspecified atom stereocenters. The van der Waals surface area contributed by atoms with Crippen LogP contribution in [0.4, 0.5) is 0 Å². The molecule has 1 rings (SSSR count). The van der Waals surface area contributed by atoms with E-state index < -0.39 is 0 Å². The van der Waals surface area contributed by atoms with E-state index >= 15 is 0 Å². The average molecular weight is 252 g/mol. The second-order valence-electron chi connectivity index (χ2n) is 4.23. The highest BCUT2D eigenvalue weighted by atomic mass is 16.5. The van der Waals surface area contributed by atoms with Crippen LogP contribution in [0.2, 0.25) is 0 Å². The molecule has 0 fully saturated rings. The van der Waals surface area contributed by atoms with E-state index in [1.54, 1.807) is 12.4 Å². The second-order valence-corrected chi connectivity index (χ2v) is 4.23. The van der Waals surface area contributed by atoms with Gasteiger partial charge in [-0.3, -0.25) is 4.79 Å². The molecule has 0 aliphatic heterocycles. The zero-order valence-electron chi connectivity index (χ0n) is 11.1. The summed E-state index contributed by atoms with van der Waals surface area (Å²) < 4.78 is 4.86. The van der Waals surface area contributed by atoms with E-state index in [0.717, 1.165) is 12.1 Å². The number of carbonyl (C=O) groups is 1. The molecule has 0 saturated heterocycles. The summed E-state index contributed by atoms with van der Waals surface area (Å²) >= 11 is 0. The number of hydrogen-bond acceptors (Lipinski definition) is 5. The van der Waals surface area contributed by atoms with Crippen molar-refractivity contribution in [2.75, 3.05) is 34.3 Å². The number of aromatic nitrogens is 2. The van der Waals surface area contributed by atoms with Gasteiger partial charge in [-0.1, -0.05) is 0 Å². The molecule has 1 aromatic heterocycles. The number of likely N-dealkylation sites (N-methyl/N-ethyl adjacent to an activating group) is 1. The number of aryl methyl sites for hydroxylation is 1. The Kier molecular flexibility index (Phi) is 6.07. The summed E-state index contributed by atoms with van der Waals surface area (Å²) in [6, 6.07) is 0.342. The molecule has 6 heteroatoms. The zero-order chi connectivity index (χ0) is 13.4. The van der Waals surface area contributed by atoms with Crippen LogP contribution in [0.25, 0.3) is 0 Å². The summed E-state index contributed by atoms with van der Waals surface area (Å²) in [6.45, 7) is 1.52. The van der Waals surface area contributed by atoms with Gasteiger partial charge in [0.2, 0.25) is 5.91 Å². The number of nitrogens with one attached hydrogen (secondary N) is 1. The molecule has 18 heavy (non-hydrogen) atoms. The van der Waals surface area contributed by atoms with Gasteiger partial charge in [0.15, 0.2) is 0 Å². The third kappa shape index (κ3) is 5.58. The molecule has 0 atom stereocenters. The van der Waals surface area contributed by atoms with Crippen LogP contribution in [0.15, 0.2) is 12.4 Å². The van der Waals surface area contributed by atoms with Crippen molar-refractivity contribution in [3.63, 3.8) is 0 Å². The first-order chi connectivity index (χ1) is 8.61. The maximum absolute atomic E-state index is 11.5. The summed E-state index contributed by atoms with van der Waals surface area (Å²) in [6.07, 6.45) is 4.44. The highest BCUT2D eigenvalue weighted by Gasteiger charge is 2.03. The summed E-state index contributed by atoms with van der Waals surface area (Å²) in [5.41, 5.74) is 0.929. The predicted octanol–water partition coefficient (Wildman–Crippen LogP) is 0.0956. The van der Waals surface area contributed by atoms with Crippen LogP contribution >= 0.6 is 0 Å². The number of hydrogen-bond donors (Lipinski definition) is 1. The third-order valence-corrected chi connectivity index (χ3v) is 2.39. The number of amides is 1. The van der Waals surface area contributed by atoms with E-state index in [-0.39, 0.29) is 5.91 Å². The summed E-state index contributed by atoms with van der Waals surface area (Å²) in [5, 5.41) is 2.86. The van der Waals surface area contributed by atoms with Gasteiger partial charge >= 0.3 is 6.01 Å². The molecule has 6 nitrogen and oxygen atoms in total. The van der Waals surface area contributed by atoms with Crippen molar-refractivity contribution in [1.29, 1.82) is 0 Å². The van der Waals surface area contributed by atoms with E-state index in [9.17, 15) is 4.79 Å². The summed E-state index contributed by atoms with van der Waals surface area (Å²) in [7, 11) is 5.47. The van der Waals surface area contributed by atoms with Gasteiger partial charge in [-0.2, -0.15) is 0 Å². The second kappa shape index (κ2) is 7.60. The van der Waals surface area contributed by atoms with Crippen molar-refractivity contribution in [1.82, 2.24) is 20.2 Å². The first-order valence-electron chi connectivity index (χ1n) is 5.88. The molecule has 100 valence electrons. The Hall–Kier alpha value is -1.69. The number of ether oxygens (including phenoxy) is 1. The lowest BCUT2D eigenvalue weighted by atomic mass is 10.2. The Morgan fingerprint density at radius 1 is 1.39 bits per heavy atom. The van der Waals surface area contributed by atoms with Gasteiger partial charge in [0.25, 0.3) is 0 Å². The first kappa shape index (κ1) is 14.4. The Morgan fingerprint density at radius 2 is 2.06 bits per heavy atom. The summed E-state index contributed by atoms with van der Waals surface area (Å²) in [4.78, 5) is 21.5. The number of carbonyl (C=O) groups excluding carboxylic acids is 1. The zero-order valence-corrected chi connectivity index (χ0v) is 11.1. The van der Waals surface area contributed by atoms with Crippen molar-refractivity contribution in [3.8, 4) is 6.01 Å². The van der Waals surface area contributed by atoms with Crippen LogP contribution in [-0.4, -0.2) is 55.1 Å². The largest absolute Gasteiger partial charge is 0.467 e. The van der Waals surface area contributed by atoms with Gasteiger partial charge in [0, 0.05) is 31.9 Å². The number of nitrogens with zero attached hydrogens (tertiary/aromatic N) is 3. The van der Waals surface area contributed by atoms with Gasteiger partial charge in [-0.25, -0.2) is 9.97 Å². The van der Waals surface area contributed by atoms with Crippen LogP contribution in [0, 0.1) is 0 Å². The van der Waals surface area contributed by atoms with Gasteiger partial charge in [0.1, 0.15) is 0 Å². The fourth-order valence-corrected chi connectivity index (χ4v) is 1.34. The Morgan fingerprint density at radius 3 is 2.61 bits per heavy atom. The predicted molar refractivity (Wildman–Crippen MR) is 68.5 cm³/mol. The molecule has 0 aliphatic carbocycles. The van der Waals surface area contributed by atoms with E-state index in [1.807, 2.05) is 19.0 Å². The van der Waals surface area contributed by atoms with Gasteiger partial charge < -0.3 is 15.0 Å². The third-order valence-electron chi connectivity index (χ3n) is 2.39. The van der Waals surface area contributed by atoms with Crippen LogP contribution in [0.1, 0.15) is 12.0 Å². The molecule has 0 aliphatic rings. The van der Waals surface area contributed by atoms with Gasteiger partial charge in [-0.15, -0.1) is 0 Å². The van der Waals surface area contributed by atoms with Crippen molar-refractivity contribution in [2.45, 2.75) is 12.8 Å². The molecule has 1 heterocycles. The molecule has 1 amide bonds. The van der Waals surface area contributed by atoms with Crippen molar-refractivity contribution in [2.24, 2.45) is 0 Å². The molecule has 1 N–H and O–H groups in total. The van der Waals surface area contributed by atoms with Crippen molar-refractivity contribution in [3.05, 3.63) is 18.0 Å². The van der Waals surface area contributed by atoms with Crippen LogP contribution < -0.4 is 10.1 Å². The lowest BCUT2D eigenvalue weighted by molar-refractivity contribution is -0.121. The SMILES string of the molecule is COc1ncc(CCC(=O)NCCN(C)C)cn1. The lowest BCUT2D eigenvalue weighted by Gasteiger charge is -2.10. The molecule has 0 aromatic carbocycles. The van der Waals surface area contributed by atoms with E-state index in [2.05, 4.69) is 15.3 Å². The first-order valence-corrected chi connectivity index (χ1v) is 5.88. The number of methoxy groups -OCH3 is 1. The maximum Gasteiger partial charge on any atom is 0.316 e.